The van der Waals surface area contributed by atoms with Gasteiger partial charge in [0.1, 0.15) is 18.4 Å². The van der Waals surface area contributed by atoms with Crippen molar-refractivity contribution in [3.05, 3.63) is 53.8 Å². The number of esters is 1. The monoisotopic (exact) mass is 528 g/mol. The minimum absolute atomic E-state index is 0.00273. The molecule has 5 atom stereocenters. The van der Waals surface area contributed by atoms with Crippen molar-refractivity contribution in [2.75, 3.05) is 13.1 Å². The maximum atomic E-state index is 13.2. The van der Waals surface area contributed by atoms with Crippen LogP contribution in [0.1, 0.15) is 63.3 Å². The molecule has 10 heteroatoms. The predicted molar refractivity (Wildman–Crippen MR) is 142 cm³/mol. The standard InChI is InChI=1S/C28H40N4O6/c1-17(2)26-19(4)9-10-24(34)30-11-5-7-18(3)13-21(33)14-20(29)15-25-31-22(16-37-25)27(35)32-12-6-8-23(32)28(36)38-26/h5,7,9-10,13,16-17,19-21,23,26,33H,6,8,11-12,14-15,29H2,1-4H3,(H,30,34)/b7-5+,10-9+,18-13+/t19-,20-,21-,23-,26?/m1/s1. The van der Waals surface area contributed by atoms with E-state index < -0.39 is 36.2 Å². The van der Waals surface area contributed by atoms with Crippen molar-refractivity contribution in [1.29, 1.82) is 0 Å². The van der Waals surface area contributed by atoms with Gasteiger partial charge in [0.05, 0.1) is 6.10 Å². The summed E-state index contributed by atoms with van der Waals surface area (Å²) in [5.74, 6) is -1.06. The number of aliphatic hydroxyl groups is 1. The molecule has 0 saturated carbocycles. The quantitative estimate of drug-likeness (QED) is 0.470. The van der Waals surface area contributed by atoms with Gasteiger partial charge in [0, 0.05) is 31.5 Å². The van der Waals surface area contributed by atoms with Gasteiger partial charge in [-0.05, 0) is 38.2 Å². The summed E-state index contributed by atoms with van der Waals surface area (Å²) >= 11 is 0. The first-order valence-electron chi connectivity index (χ1n) is 13.3. The van der Waals surface area contributed by atoms with Crippen LogP contribution < -0.4 is 11.1 Å². The van der Waals surface area contributed by atoms with Gasteiger partial charge in [0.15, 0.2) is 11.6 Å². The van der Waals surface area contributed by atoms with Crippen LogP contribution in [0.25, 0.3) is 0 Å². The molecule has 0 aromatic carbocycles. The van der Waals surface area contributed by atoms with Crippen LogP contribution in [-0.4, -0.2) is 70.2 Å². The number of ether oxygens (including phenoxy) is 1. The molecule has 1 saturated heterocycles. The third kappa shape index (κ3) is 8.13. The summed E-state index contributed by atoms with van der Waals surface area (Å²) in [6.45, 7) is 8.37. The Morgan fingerprint density at radius 3 is 2.74 bits per heavy atom. The topological polar surface area (TPSA) is 148 Å². The Morgan fingerprint density at radius 1 is 1.24 bits per heavy atom. The summed E-state index contributed by atoms with van der Waals surface area (Å²) < 4.78 is 11.4. The van der Waals surface area contributed by atoms with Crippen LogP contribution >= 0.6 is 0 Å². The van der Waals surface area contributed by atoms with Crippen molar-refractivity contribution in [2.45, 2.75) is 77.7 Å². The second-order valence-electron chi connectivity index (χ2n) is 10.5. The fraction of sp³-hybridized carbons (Fsp3) is 0.571. The lowest BCUT2D eigenvalue weighted by atomic mass is 9.94. The van der Waals surface area contributed by atoms with Crippen molar-refractivity contribution in [2.24, 2.45) is 17.6 Å². The minimum Gasteiger partial charge on any atom is -0.460 e. The zero-order valence-electron chi connectivity index (χ0n) is 22.6. The van der Waals surface area contributed by atoms with Crippen LogP contribution in [0.5, 0.6) is 0 Å². The number of cyclic esters (lactones) is 1. The SMILES string of the molecule is CC1=C\[C@@H](O)C[C@@H](N)Cc2nc(co2)C(=O)N2CCC[C@@H]2C(=O)OC(C(C)C)[C@H](C)/C=C/C(=O)NC\C=C\1. The molecule has 208 valence electrons. The average Bonchev–Trinajstić information content (AvgIpc) is 3.52. The van der Waals surface area contributed by atoms with Crippen molar-refractivity contribution < 1.29 is 28.6 Å². The summed E-state index contributed by atoms with van der Waals surface area (Å²) in [6, 6.07) is -1.17. The Balaban J connectivity index is 1.85. The van der Waals surface area contributed by atoms with E-state index in [1.54, 1.807) is 18.2 Å². The molecule has 1 fully saturated rings. The number of rotatable bonds is 1. The van der Waals surface area contributed by atoms with E-state index in [4.69, 9.17) is 14.9 Å². The Kier molecular flexibility index (Phi) is 10.4. The van der Waals surface area contributed by atoms with Crippen LogP contribution in [-0.2, 0) is 20.7 Å². The molecule has 10 nitrogen and oxygen atoms in total. The average molecular weight is 529 g/mol. The van der Waals surface area contributed by atoms with Gasteiger partial charge in [-0.1, -0.05) is 50.6 Å². The molecule has 0 aliphatic carbocycles. The Bertz CT molecular complexity index is 1080. The predicted octanol–water partition coefficient (Wildman–Crippen LogP) is 2.29. The first-order valence-corrected chi connectivity index (χ1v) is 13.3. The molecular weight excluding hydrogens is 488 g/mol. The lowest BCUT2D eigenvalue weighted by molar-refractivity contribution is -0.158. The third-order valence-electron chi connectivity index (χ3n) is 6.75. The van der Waals surface area contributed by atoms with E-state index in [2.05, 4.69) is 10.3 Å². The second kappa shape index (κ2) is 13.5. The molecule has 0 radical (unpaired) electrons. The maximum Gasteiger partial charge on any atom is 0.329 e. The van der Waals surface area contributed by atoms with Crippen LogP contribution in [0.3, 0.4) is 0 Å². The first-order chi connectivity index (χ1) is 18.0. The number of hydrogen-bond acceptors (Lipinski definition) is 8. The third-order valence-corrected chi connectivity index (χ3v) is 6.75. The van der Waals surface area contributed by atoms with E-state index in [-0.39, 0.29) is 36.3 Å². The molecule has 2 aliphatic heterocycles. The number of fused-ring (bicyclic) bond motifs is 3. The highest BCUT2D eigenvalue weighted by Gasteiger charge is 2.38. The number of allylic oxidation sites excluding steroid dienone is 2. The van der Waals surface area contributed by atoms with Gasteiger partial charge in [0.25, 0.3) is 5.91 Å². The number of nitrogens with one attached hydrogen (secondary N) is 1. The van der Waals surface area contributed by atoms with E-state index in [9.17, 15) is 19.5 Å². The molecule has 2 bridgehead atoms. The van der Waals surface area contributed by atoms with Crippen molar-refractivity contribution in [1.82, 2.24) is 15.2 Å². The second-order valence-corrected chi connectivity index (χ2v) is 10.5. The van der Waals surface area contributed by atoms with E-state index in [0.29, 0.717) is 31.8 Å². The van der Waals surface area contributed by atoms with Gasteiger partial charge in [-0.15, -0.1) is 0 Å². The van der Waals surface area contributed by atoms with Gasteiger partial charge in [-0.25, -0.2) is 9.78 Å². The van der Waals surface area contributed by atoms with Crippen LogP contribution in [0.2, 0.25) is 0 Å². The Morgan fingerprint density at radius 2 is 2.00 bits per heavy atom. The van der Waals surface area contributed by atoms with Crippen LogP contribution in [0.4, 0.5) is 0 Å². The van der Waals surface area contributed by atoms with Crippen molar-refractivity contribution in [3.63, 3.8) is 0 Å². The number of hydrogen-bond donors (Lipinski definition) is 3. The summed E-state index contributed by atoms with van der Waals surface area (Å²) in [5, 5.41) is 13.2. The lowest BCUT2D eigenvalue weighted by Crippen LogP contribution is -2.44. The minimum atomic E-state index is -0.781. The fourth-order valence-electron chi connectivity index (χ4n) is 4.82. The van der Waals surface area contributed by atoms with Gasteiger partial charge < -0.3 is 30.2 Å². The number of oxazole rings is 1. The van der Waals surface area contributed by atoms with Gasteiger partial charge in [-0.3, -0.25) is 9.59 Å². The summed E-state index contributed by atoms with van der Waals surface area (Å²) in [5.41, 5.74) is 7.12. The maximum absolute atomic E-state index is 13.2. The van der Waals surface area contributed by atoms with Gasteiger partial charge in [-0.2, -0.15) is 0 Å². The van der Waals surface area contributed by atoms with Crippen molar-refractivity contribution >= 4 is 17.8 Å². The highest BCUT2D eigenvalue weighted by molar-refractivity contribution is 5.95. The highest BCUT2D eigenvalue weighted by atomic mass is 16.5. The van der Waals surface area contributed by atoms with E-state index in [1.807, 2.05) is 33.8 Å². The Hall–Kier alpha value is -3.24. The summed E-state index contributed by atoms with van der Waals surface area (Å²) in [6.07, 6.45) is 10.2. The zero-order valence-corrected chi connectivity index (χ0v) is 22.6. The molecule has 3 heterocycles. The zero-order chi connectivity index (χ0) is 27.8. The van der Waals surface area contributed by atoms with Crippen LogP contribution in [0.15, 0.2) is 46.6 Å². The van der Waals surface area contributed by atoms with Crippen LogP contribution in [0, 0.1) is 11.8 Å². The van der Waals surface area contributed by atoms with E-state index in [0.717, 1.165) is 5.57 Å². The molecule has 1 aromatic heterocycles. The largest absolute Gasteiger partial charge is 0.460 e. The number of carbonyl (C=O) groups is 3. The van der Waals surface area contributed by atoms with E-state index >= 15 is 0 Å². The van der Waals surface area contributed by atoms with E-state index in [1.165, 1.54) is 17.2 Å². The number of amides is 2. The normalized spacial score (nSPS) is 31.7. The smallest absolute Gasteiger partial charge is 0.329 e. The molecular formula is C28H40N4O6. The Labute approximate surface area is 224 Å². The first kappa shape index (κ1) is 29.3. The highest BCUT2D eigenvalue weighted by Crippen LogP contribution is 2.25. The molecule has 4 N–H and O–H groups in total. The number of nitrogens with two attached hydrogens (primary N) is 1. The molecule has 0 spiro atoms. The number of aromatic nitrogens is 1. The molecule has 1 aromatic rings. The van der Waals surface area contributed by atoms with Gasteiger partial charge in [0.2, 0.25) is 5.91 Å². The molecule has 1 unspecified atom stereocenters. The van der Waals surface area contributed by atoms with Gasteiger partial charge >= 0.3 is 5.97 Å². The molecule has 3 rings (SSSR count). The lowest BCUT2D eigenvalue weighted by Gasteiger charge is -2.29. The number of aliphatic hydroxyl groups excluding tert-OH is 1. The molecule has 38 heavy (non-hydrogen) atoms. The molecule has 2 aliphatic rings. The molecule has 2 amide bonds. The summed E-state index contributed by atoms with van der Waals surface area (Å²) in [4.78, 5) is 44.5. The van der Waals surface area contributed by atoms with Crippen molar-refractivity contribution in [3.8, 4) is 0 Å². The number of nitrogens with zero attached hydrogens (tertiary/aromatic N) is 2. The fourth-order valence-corrected chi connectivity index (χ4v) is 4.82. The summed E-state index contributed by atoms with van der Waals surface area (Å²) in [7, 11) is 0. The number of carbonyl (C=O) groups excluding carboxylic acids is 3.